The van der Waals surface area contributed by atoms with Gasteiger partial charge in [0.25, 0.3) is 0 Å². The molecule has 0 spiro atoms. The van der Waals surface area contributed by atoms with Gasteiger partial charge in [-0.2, -0.15) is 0 Å². The summed E-state index contributed by atoms with van der Waals surface area (Å²) >= 11 is 2.81. The summed E-state index contributed by atoms with van der Waals surface area (Å²) in [5.41, 5.74) is 0.911. The number of rotatable bonds is 12. The largest absolute Gasteiger partial charge is 0.497 e. The van der Waals surface area contributed by atoms with Crippen LogP contribution in [0, 0.1) is 0 Å². The van der Waals surface area contributed by atoms with Crippen molar-refractivity contribution >= 4 is 47.3 Å². The van der Waals surface area contributed by atoms with E-state index >= 15 is 0 Å². The van der Waals surface area contributed by atoms with Crippen LogP contribution in [0.25, 0.3) is 0 Å². The van der Waals surface area contributed by atoms with Crippen LogP contribution >= 0.6 is 23.5 Å². The van der Waals surface area contributed by atoms with E-state index in [0.717, 1.165) is 5.56 Å². The average molecular weight is 473 g/mol. The highest BCUT2D eigenvalue weighted by atomic mass is 32.2. The molecule has 11 heteroatoms. The predicted molar refractivity (Wildman–Crippen MR) is 120 cm³/mol. The molecule has 0 radical (unpaired) electrons. The first-order chi connectivity index (χ1) is 14.7. The Bertz CT molecular complexity index is 718. The van der Waals surface area contributed by atoms with E-state index in [4.69, 9.17) is 14.2 Å². The molecule has 2 atom stereocenters. The molecule has 0 aliphatic carbocycles. The fourth-order valence-electron chi connectivity index (χ4n) is 2.48. The topological polar surface area (TPSA) is 120 Å². The number of hydrogen-bond acceptors (Lipinski definition) is 9. The van der Waals surface area contributed by atoms with Gasteiger partial charge >= 0.3 is 11.9 Å². The first-order valence-electron chi connectivity index (χ1n) is 9.28. The molecule has 2 unspecified atom stereocenters. The molecule has 9 nitrogen and oxygen atoms in total. The monoisotopic (exact) mass is 472 g/mol. The van der Waals surface area contributed by atoms with Crippen LogP contribution in [0.2, 0.25) is 0 Å². The normalized spacial score (nSPS) is 13.3. The van der Waals surface area contributed by atoms with Crippen molar-refractivity contribution in [3.05, 3.63) is 29.8 Å². The smallest absolute Gasteiger partial charge is 0.329 e. The third-order valence-electron chi connectivity index (χ3n) is 3.94. The Hall–Kier alpha value is -2.40. The lowest BCUT2D eigenvalue weighted by Crippen LogP contribution is -2.43. The molecule has 2 amide bonds. The summed E-state index contributed by atoms with van der Waals surface area (Å²) in [7, 11) is 4.08. The summed E-state index contributed by atoms with van der Waals surface area (Å²) in [4.78, 5) is 46.9. The molecule has 0 bridgehead atoms. The second-order valence-electron chi connectivity index (χ2n) is 6.32. The first-order valence-corrected chi connectivity index (χ1v) is 11.4. The van der Waals surface area contributed by atoms with Gasteiger partial charge in [-0.05, 0) is 17.7 Å². The predicted octanol–water partition coefficient (Wildman–Crippen LogP) is 1.52. The zero-order chi connectivity index (χ0) is 23.4. The molecule has 2 N–H and O–H groups in total. The molecular weight excluding hydrogens is 444 g/mol. The van der Waals surface area contributed by atoms with E-state index in [-0.39, 0.29) is 27.9 Å². The molecule has 0 aliphatic heterocycles. The SMILES string of the molecule is COC(=O)C(CSC(SCC(NC(C)=O)C(=O)OC)c1ccc(OC)cc1)NC(C)=O. The van der Waals surface area contributed by atoms with Crippen LogP contribution in [0.1, 0.15) is 24.0 Å². The van der Waals surface area contributed by atoms with Gasteiger partial charge in [-0.25, -0.2) is 9.59 Å². The number of esters is 2. The van der Waals surface area contributed by atoms with Crippen molar-refractivity contribution in [1.82, 2.24) is 10.6 Å². The van der Waals surface area contributed by atoms with Gasteiger partial charge in [-0.15, -0.1) is 23.5 Å². The van der Waals surface area contributed by atoms with Gasteiger partial charge in [0.2, 0.25) is 11.8 Å². The second-order valence-corrected chi connectivity index (χ2v) is 8.90. The van der Waals surface area contributed by atoms with Crippen LogP contribution < -0.4 is 15.4 Å². The lowest BCUT2D eigenvalue weighted by molar-refractivity contribution is -0.144. The molecule has 172 valence electrons. The Balaban J connectivity index is 3.01. The van der Waals surface area contributed by atoms with E-state index in [1.54, 1.807) is 19.2 Å². The zero-order valence-electron chi connectivity index (χ0n) is 18.1. The van der Waals surface area contributed by atoms with Crippen molar-refractivity contribution in [3.8, 4) is 5.75 Å². The fourth-order valence-corrected chi connectivity index (χ4v) is 5.21. The van der Waals surface area contributed by atoms with Gasteiger partial charge in [-0.3, -0.25) is 9.59 Å². The van der Waals surface area contributed by atoms with Gasteiger partial charge in [-0.1, -0.05) is 12.1 Å². The number of ether oxygens (including phenoxy) is 3. The molecule has 0 heterocycles. The van der Waals surface area contributed by atoms with Gasteiger partial charge in [0.05, 0.1) is 25.9 Å². The van der Waals surface area contributed by atoms with Crippen molar-refractivity contribution in [3.63, 3.8) is 0 Å². The molecule has 0 aromatic heterocycles. The van der Waals surface area contributed by atoms with Crippen LogP contribution in [0.4, 0.5) is 0 Å². The number of amides is 2. The van der Waals surface area contributed by atoms with E-state index in [0.29, 0.717) is 5.75 Å². The summed E-state index contributed by atoms with van der Waals surface area (Å²) in [5.74, 6) is -0.604. The number of methoxy groups -OCH3 is 3. The van der Waals surface area contributed by atoms with Crippen molar-refractivity contribution < 1.29 is 33.4 Å². The van der Waals surface area contributed by atoms with Crippen LogP contribution in [-0.4, -0.2) is 68.7 Å². The summed E-state index contributed by atoms with van der Waals surface area (Å²) in [6, 6.07) is 5.73. The Morgan fingerprint density at radius 1 is 0.806 bits per heavy atom. The van der Waals surface area contributed by atoms with Crippen LogP contribution in [0.5, 0.6) is 5.75 Å². The summed E-state index contributed by atoms with van der Waals surface area (Å²) in [6.45, 7) is 2.65. The minimum atomic E-state index is -0.819. The lowest BCUT2D eigenvalue weighted by Gasteiger charge is -2.23. The average Bonchev–Trinajstić information content (AvgIpc) is 2.75. The number of carbonyl (C=O) groups excluding carboxylic acids is 4. The molecule has 1 aromatic rings. The maximum Gasteiger partial charge on any atom is 0.329 e. The van der Waals surface area contributed by atoms with Gasteiger partial charge < -0.3 is 24.8 Å². The maximum absolute atomic E-state index is 12.0. The third kappa shape index (κ3) is 9.52. The molecule has 0 saturated heterocycles. The number of thioether (sulfide) groups is 2. The van der Waals surface area contributed by atoms with Crippen molar-refractivity contribution in [2.75, 3.05) is 32.8 Å². The quantitative estimate of drug-likeness (QED) is 0.344. The first kappa shape index (κ1) is 26.6. The number of nitrogens with one attached hydrogen (secondary N) is 2. The standard InChI is InChI=1S/C20H28N2O7S2/c1-12(23)21-16(18(25)28-4)10-30-20(14-6-8-15(27-3)9-7-14)31-11-17(19(26)29-5)22-13(2)24/h6-9,16-17,20H,10-11H2,1-5H3,(H,21,23)(H,22,24). The molecule has 1 rings (SSSR count). The zero-order valence-corrected chi connectivity index (χ0v) is 19.8. The van der Waals surface area contributed by atoms with E-state index in [1.165, 1.54) is 51.6 Å². The number of benzene rings is 1. The Kier molecular flexibility index (Phi) is 11.9. The number of hydrogen-bond donors (Lipinski definition) is 2. The summed E-state index contributed by atoms with van der Waals surface area (Å²) in [5, 5.41) is 5.16. The second kappa shape index (κ2) is 13.8. The minimum Gasteiger partial charge on any atom is -0.497 e. The summed E-state index contributed by atoms with van der Waals surface area (Å²) < 4.78 is 14.5. The maximum atomic E-state index is 12.0. The lowest BCUT2D eigenvalue weighted by atomic mass is 10.2. The Morgan fingerprint density at radius 3 is 1.55 bits per heavy atom. The van der Waals surface area contributed by atoms with Crippen LogP contribution in [-0.2, 0) is 28.7 Å². The molecule has 0 saturated carbocycles. The highest BCUT2D eigenvalue weighted by molar-refractivity contribution is 8.16. The van der Waals surface area contributed by atoms with Crippen LogP contribution in [0.3, 0.4) is 0 Å². The van der Waals surface area contributed by atoms with E-state index < -0.39 is 24.0 Å². The minimum absolute atomic E-state index is 0.215. The summed E-state index contributed by atoms with van der Waals surface area (Å²) in [6.07, 6.45) is 0. The van der Waals surface area contributed by atoms with Crippen molar-refractivity contribution in [2.45, 2.75) is 30.5 Å². The highest BCUT2D eigenvalue weighted by Gasteiger charge is 2.26. The molecular formula is C20H28N2O7S2. The molecule has 31 heavy (non-hydrogen) atoms. The van der Waals surface area contributed by atoms with E-state index in [2.05, 4.69) is 10.6 Å². The van der Waals surface area contributed by atoms with E-state index in [9.17, 15) is 19.2 Å². The van der Waals surface area contributed by atoms with Crippen molar-refractivity contribution in [1.29, 1.82) is 0 Å². The van der Waals surface area contributed by atoms with Gasteiger partial charge in [0.1, 0.15) is 17.8 Å². The fraction of sp³-hybridized carbons (Fsp3) is 0.500. The van der Waals surface area contributed by atoms with Crippen molar-refractivity contribution in [2.24, 2.45) is 0 Å². The molecule has 0 fully saturated rings. The van der Waals surface area contributed by atoms with Gasteiger partial charge in [0, 0.05) is 25.4 Å². The third-order valence-corrected chi connectivity index (χ3v) is 6.96. The number of carbonyl (C=O) groups is 4. The molecule has 0 aliphatic rings. The highest BCUT2D eigenvalue weighted by Crippen LogP contribution is 2.40. The Labute approximate surface area is 190 Å². The van der Waals surface area contributed by atoms with E-state index in [1.807, 2.05) is 12.1 Å². The van der Waals surface area contributed by atoms with Crippen LogP contribution in [0.15, 0.2) is 24.3 Å². The molecule has 1 aromatic carbocycles. The Morgan fingerprint density at radius 2 is 1.23 bits per heavy atom. The van der Waals surface area contributed by atoms with Gasteiger partial charge in [0.15, 0.2) is 0 Å².